The van der Waals surface area contributed by atoms with Crippen LogP contribution in [0.25, 0.3) is 0 Å². The second-order valence-corrected chi connectivity index (χ2v) is 5.52. The molecule has 1 N–H and O–H groups in total. The van der Waals surface area contributed by atoms with Gasteiger partial charge in [0.15, 0.2) is 0 Å². The highest BCUT2D eigenvalue weighted by atomic mass is 127. The summed E-state index contributed by atoms with van der Waals surface area (Å²) in [7, 11) is 0. The Hall–Kier alpha value is 0.390. The number of hydrogen-bond donors (Lipinski definition) is 1. The van der Waals surface area contributed by atoms with Gasteiger partial charge in [-0.3, -0.25) is 5.32 Å². The van der Waals surface area contributed by atoms with E-state index in [0.717, 1.165) is 10.5 Å². The minimum atomic E-state index is 0.447. The Kier molecular flexibility index (Phi) is 3.26. The largest absolute Gasteiger partial charge is 0.299 e. The Morgan fingerprint density at radius 3 is 2.85 bits per heavy atom. The van der Waals surface area contributed by atoms with Gasteiger partial charge in [0.25, 0.3) is 0 Å². The van der Waals surface area contributed by atoms with E-state index in [1.54, 1.807) is 0 Å². The molecule has 1 nitrogen and oxygen atoms in total. The first kappa shape index (κ1) is 9.93. The van der Waals surface area contributed by atoms with Gasteiger partial charge in [-0.2, -0.15) is 0 Å². The average molecular weight is 352 g/mol. The van der Waals surface area contributed by atoms with Crippen LogP contribution in [-0.2, 0) is 0 Å². The summed E-state index contributed by atoms with van der Waals surface area (Å²) in [5, 5.41) is 3.56. The number of nitrogens with one attached hydrogen (secondary N) is 1. The van der Waals surface area contributed by atoms with E-state index in [4.69, 9.17) is 0 Å². The van der Waals surface area contributed by atoms with Crippen molar-refractivity contribution in [1.29, 1.82) is 0 Å². The van der Waals surface area contributed by atoms with Crippen LogP contribution in [0.5, 0.6) is 0 Å². The maximum absolute atomic E-state index is 3.56. The molecule has 0 spiro atoms. The molecule has 0 saturated heterocycles. The van der Waals surface area contributed by atoms with Crippen LogP contribution < -0.4 is 5.32 Å². The first-order valence-corrected chi connectivity index (χ1v) is 6.45. The Morgan fingerprint density at radius 1 is 1.46 bits per heavy atom. The molecule has 1 aromatic rings. The van der Waals surface area contributed by atoms with E-state index in [2.05, 4.69) is 68.1 Å². The fourth-order valence-corrected chi connectivity index (χ4v) is 2.53. The van der Waals surface area contributed by atoms with Crippen LogP contribution in [0.15, 0.2) is 28.7 Å². The van der Waals surface area contributed by atoms with Gasteiger partial charge >= 0.3 is 0 Å². The van der Waals surface area contributed by atoms with Crippen LogP contribution in [0.1, 0.15) is 22.5 Å². The lowest BCUT2D eigenvalue weighted by molar-refractivity contribution is 0.692. The summed E-state index contributed by atoms with van der Waals surface area (Å²) in [5.74, 6) is 0. The summed E-state index contributed by atoms with van der Waals surface area (Å²) in [4.78, 5) is 0. The number of benzene rings is 1. The molecular weight excluding hydrogens is 341 g/mol. The van der Waals surface area contributed by atoms with E-state index in [1.165, 1.54) is 18.4 Å². The third-order valence-corrected chi connectivity index (χ3v) is 3.67. The molecule has 0 aromatic heterocycles. The molecule has 1 aromatic carbocycles. The van der Waals surface area contributed by atoms with Gasteiger partial charge in [0.05, 0.1) is 4.05 Å². The standard InChI is InChI=1S/C10H11BrIN/c11-8-3-1-2-7(6-8)10(12)13-9-4-5-9/h1-3,6,9-10,13H,4-5H2. The van der Waals surface area contributed by atoms with Crippen molar-refractivity contribution in [3.05, 3.63) is 34.3 Å². The maximum Gasteiger partial charge on any atom is 0.0851 e. The van der Waals surface area contributed by atoms with Gasteiger partial charge in [-0.1, -0.05) is 50.7 Å². The molecule has 0 aliphatic heterocycles. The van der Waals surface area contributed by atoms with Gasteiger partial charge < -0.3 is 0 Å². The topological polar surface area (TPSA) is 12.0 Å². The third-order valence-electron chi connectivity index (χ3n) is 2.10. The van der Waals surface area contributed by atoms with Crippen LogP contribution in [-0.4, -0.2) is 6.04 Å². The quantitative estimate of drug-likeness (QED) is 0.498. The van der Waals surface area contributed by atoms with Crippen molar-refractivity contribution in [2.75, 3.05) is 0 Å². The summed E-state index contributed by atoms with van der Waals surface area (Å²) >= 11 is 5.93. The van der Waals surface area contributed by atoms with Crippen LogP contribution in [0, 0.1) is 0 Å². The lowest BCUT2D eigenvalue weighted by atomic mass is 10.2. The van der Waals surface area contributed by atoms with E-state index in [0.29, 0.717) is 4.05 Å². The first-order chi connectivity index (χ1) is 6.25. The SMILES string of the molecule is Brc1cccc(C(I)NC2CC2)c1. The van der Waals surface area contributed by atoms with Crippen molar-refractivity contribution < 1.29 is 0 Å². The fourth-order valence-electron chi connectivity index (χ4n) is 1.22. The third kappa shape index (κ3) is 2.92. The normalized spacial score (nSPS) is 18.6. The molecule has 1 saturated carbocycles. The van der Waals surface area contributed by atoms with E-state index in [-0.39, 0.29) is 0 Å². The summed E-state index contributed by atoms with van der Waals surface area (Å²) in [6.07, 6.45) is 2.68. The highest BCUT2D eigenvalue weighted by molar-refractivity contribution is 14.1. The summed E-state index contributed by atoms with van der Waals surface area (Å²) in [5.41, 5.74) is 1.35. The zero-order chi connectivity index (χ0) is 9.26. The van der Waals surface area contributed by atoms with Crippen LogP contribution in [0.4, 0.5) is 0 Å². The van der Waals surface area contributed by atoms with Gasteiger partial charge in [-0.25, -0.2) is 0 Å². The van der Waals surface area contributed by atoms with Crippen molar-refractivity contribution in [3.63, 3.8) is 0 Å². The number of rotatable bonds is 3. The molecule has 1 fully saturated rings. The van der Waals surface area contributed by atoms with Crippen LogP contribution in [0.3, 0.4) is 0 Å². The molecule has 1 aliphatic carbocycles. The Labute approximate surface area is 101 Å². The smallest absolute Gasteiger partial charge is 0.0851 e. The van der Waals surface area contributed by atoms with Gasteiger partial charge in [-0.05, 0) is 30.5 Å². The van der Waals surface area contributed by atoms with Crippen molar-refractivity contribution in [2.45, 2.75) is 22.9 Å². The average Bonchev–Trinajstić information content (AvgIpc) is 2.88. The fraction of sp³-hybridized carbons (Fsp3) is 0.400. The van der Waals surface area contributed by atoms with Gasteiger partial charge in [0.1, 0.15) is 0 Å². The molecule has 1 atom stereocenters. The van der Waals surface area contributed by atoms with Crippen LogP contribution in [0.2, 0.25) is 0 Å². The summed E-state index contributed by atoms with van der Waals surface area (Å²) in [6, 6.07) is 9.24. The van der Waals surface area contributed by atoms with Crippen molar-refractivity contribution in [3.8, 4) is 0 Å². The van der Waals surface area contributed by atoms with Gasteiger partial charge in [0, 0.05) is 10.5 Å². The highest BCUT2D eigenvalue weighted by Gasteiger charge is 2.23. The first-order valence-electron chi connectivity index (χ1n) is 4.41. The second-order valence-electron chi connectivity index (χ2n) is 3.36. The lowest BCUT2D eigenvalue weighted by Gasteiger charge is -2.11. The van der Waals surface area contributed by atoms with Crippen molar-refractivity contribution in [2.24, 2.45) is 0 Å². The molecule has 0 amide bonds. The number of hydrogen-bond acceptors (Lipinski definition) is 1. The van der Waals surface area contributed by atoms with Crippen molar-refractivity contribution >= 4 is 38.5 Å². The van der Waals surface area contributed by atoms with E-state index < -0.39 is 0 Å². The molecule has 1 unspecified atom stereocenters. The summed E-state index contributed by atoms with van der Waals surface area (Å²) < 4.78 is 1.60. The molecule has 2 rings (SSSR count). The van der Waals surface area contributed by atoms with E-state index in [9.17, 15) is 0 Å². The Bertz CT molecular complexity index is 299. The zero-order valence-electron chi connectivity index (χ0n) is 7.13. The minimum Gasteiger partial charge on any atom is -0.299 e. The zero-order valence-corrected chi connectivity index (χ0v) is 10.9. The maximum atomic E-state index is 3.56. The van der Waals surface area contributed by atoms with Gasteiger partial charge in [-0.15, -0.1) is 0 Å². The highest BCUT2D eigenvalue weighted by Crippen LogP contribution is 2.29. The van der Waals surface area contributed by atoms with Gasteiger partial charge in [0.2, 0.25) is 0 Å². The Balaban J connectivity index is 2.04. The Morgan fingerprint density at radius 2 is 2.23 bits per heavy atom. The molecule has 0 radical (unpaired) electrons. The van der Waals surface area contributed by atoms with E-state index >= 15 is 0 Å². The number of alkyl halides is 1. The molecule has 1 aliphatic rings. The molecule has 13 heavy (non-hydrogen) atoms. The molecule has 3 heteroatoms. The lowest BCUT2D eigenvalue weighted by Crippen LogP contribution is -2.18. The van der Waals surface area contributed by atoms with Crippen LogP contribution >= 0.6 is 38.5 Å². The van der Waals surface area contributed by atoms with Crippen molar-refractivity contribution in [1.82, 2.24) is 5.32 Å². The predicted octanol–water partition coefficient (Wildman–Crippen LogP) is 3.63. The second kappa shape index (κ2) is 4.28. The molecule has 70 valence electrons. The molecule has 0 bridgehead atoms. The number of halogens is 2. The predicted molar refractivity (Wildman–Crippen MR) is 67.1 cm³/mol. The van der Waals surface area contributed by atoms with E-state index in [1.807, 2.05) is 0 Å². The monoisotopic (exact) mass is 351 g/mol. The minimum absolute atomic E-state index is 0.447. The summed E-state index contributed by atoms with van der Waals surface area (Å²) in [6.45, 7) is 0. The molecular formula is C10H11BrIN. The molecule has 0 heterocycles.